The van der Waals surface area contributed by atoms with Gasteiger partial charge in [0.1, 0.15) is 5.82 Å². The van der Waals surface area contributed by atoms with Crippen LogP contribution in [0.2, 0.25) is 0 Å². The zero-order valence-electron chi connectivity index (χ0n) is 14.1. The lowest BCUT2D eigenvalue weighted by Crippen LogP contribution is -2.05. The molecule has 26 heavy (non-hydrogen) atoms. The van der Waals surface area contributed by atoms with E-state index in [1.54, 1.807) is 0 Å². The van der Waals surface area contributed by atoms with Gasteiger partial charge in [0, 0.05) is 16.9 Å². The predicted molar refractivity (Wildman–Crippen MR) is 98.6 cm³/mol. The lowest BCUT2D eigenvalue weighted by atomic mass is 10.2. The van der Waals surface area contributed by atoms with Crippen molar-refractivity contribution in [2.45, 2.75) is 25.3 Å². The third-order valence-corrected chi connectivity index (χ3v) is 4.46. The summed E-state index contributed by atoms with van der Waals surface area (Å²) in [6.45, 7) is 0.464. The maximum atomic E-state index is 5.32. The largest absolute Gasteiger partial charge is 0.362 e. The fourth-order valence-electron chi connectivity index (χ4n) is 2.93. The van der Waals surface area contributed by atoms with Gasteiger partial charge in [-0.15, -0.1) is 0 Å². The van der Waals surface area contributed by atoms with Crippen LogP contribution in [0.4, 0.5) is 5.82 Å². The van der Waals surface area contributed by atoms with Gasteiger partial charge in [-0.05, 0) is 25.0 Å². The van der Waals surface area contributed by atoms with Crippen LogP contribution in [0, 0.1) is 0 Å². The van der Waals surface area contributed by atoms with Crippen molar-refractivity contribution in [3.8, 4) is 11.4 Å². The SMILES string of the molecule is c1ccc(-c2nc(NCc3noc(C4CC4)n3)c3ccccc3n2)cc1. The van der Waals surface area contributed by atoms with Gasteiger partial charge in [-0.3, -0.25) is 0 Å². The molecule has 5 rings (SSSR count). The Morgan fingerprint density at radius 1 is 0.923 bits per heavy atom. The van der Waals surface area contributed by atoms with E-state index < -0.39 is 0 Å². The summed E-state index contributed by atoms with van der Waals surface area (Å²) in [4.78, 5) is 13.9. The van der Waals surface area contributed by atoms with Crippen LogP contribution in [0.15, 0.2) is 59.1 Å². The minimum absolute atomic E-state index is 0.459. The summed E-state index contributed by atoms with van der Waals surface area (Å²) in [6, 6.07) is 17.9. The Morgan fingerprint density at radius 3 is 2.58 bits per heavy atom. The third-order valence-electron chi connectivity index (χ3n) is 4.46. The lowest BCUT2D eigenvalue weighted by Gasteiger charge is -2.09. The summed E-state index contributed by atoms with van der Waals surface area (Å²) in [7, 11) is 0. The number of anilines is 1. The summed E-state index contributed by atoms with van der Waals surface area (Å²) in [5.74, 6) is 3.32. The zero-order chi connectivity index (χ0) is 17.3. The summed E-state index contributed by atoms with van der Waals surface area (Å²) >= 11 is 0. The highest BCUT2D eigenvalue weighted by atomic mass is 16.5. The minimum atomic E-state index is 0.459. The second-order valence-corrected chi connectivity index (χ2v) is 6.46. The molecule has 1 N–H and O–H groups in total. The normalized spacial score (nSPS) is 13.8. The number of fused-ring (bicyclic) bond motifs is 1. The Kier molecular flexibility index (Phi) is 3.59. The van der Waals surface area contributed by atoms with Crippen molar-refractivity contribution < 1.29 is 4.52 Å². The number of para-hydroxylation sites is 1. The highest BCUT2D eigenvalue weighted by Gasteiger charge is 2.29. The van der Waals surface area contributed by atoms with Crippen molar-refractivity contribution in [1.29, 1.82) is 0 Å². The van der Waals surface area contributed by atoms with Crippen molar-refractivity contribution in [3.63, 3.8) is 0 Å². The molecule has 2 aromatic heterocycles. The van der Waals surface area contributed by atoms with Crippen LogP contribution in [0.25, 0.3) is 22.3 Å². The van der Waals surface area contributed by atoms with Crippen LogP contribution in [0.3, 0.4) is 0 Å². The molecule has 6 nitrogen and oxygen atoms in total. The first-order chi connectivity index (χ1) is 12.9. The van der Waals surface area contributed by atoms with E-state index in [2.05, 4.69) is 15.5 Å². The van der Waals surface area contributed by atoms with Gasteiger partial charge >= 0.3 is 0 Å². The van der Waals surface area contributed by atoms with Gasteiger partial charge in [0.25, 0.3) is 0 Å². The Hall–Kier alpha value is -3.28. The zero-order valence-corrected chi connectivity index (χ0v) is 14.1. The number of nitrogens with one attached hydrogen (secondary N) is 1. The fourth-order valence-corrected chi connectivity index (χ4v) is 2.93. The van der Waals surface area contributed by atoms with E-state index in [9.17, 15) is 0 Å². The van der Waals surface area contributed by atoms with Gasteiger partial charge < -0.3 is 9.84 Å². The second kappa shape index (κ2) is 6.22. The molecule has 2 aromatic carbocycles. The topological polar surface area (TPSA) is 76.7 Å². The Labute approximate surface area is 150 Å². The van der Waals surface area contributed by atoms with Gasteiger partial charge in [-0.2, -0.15) is 4.98 Å². The quantitative estimate of drug-likeness (QED) is 0.586. The van der Waals surface area contributed by atoms with Gasteiger partial charge in [0.05, 0.1) is 12.1 Å². The van der Waals surface area contributed by atoms with Gasteiger partial charge in [0.2, 0.25) is 5.89 Å². The van der Waals surface area contributed by atoms with Crippen LogP contribution >= 0.6 is 0 Å². The van der Waals surface area contributed by atoms with Crippen LogP contribution in [0.1, 0.15) is 30.5 Å². The molecular formula is C20H17N5O. The van der Waals surface area contributed by atoms with E-state index in [-0.39, 0.29) is 0 Å². The molecule has 0 bridgehead atoms. The Balaban J connectivity index is 1.48. The summed E-state index contributed by atoms with van der Waals surface area (Å²) in [5, 5.41) is 8.38. The Bertz CT molecular complexity index is 1060. The first-order valence-corrected chi connectivity index (χ1v) is 8.75. The summed E-state index contributed by atoms with van der Waals surface area (Å²) in [6.07, 6.45) is 2.29. The number of nitrogens with zero attached hydrogens (tertiary/aromatic N) is 4. The molecule has 128 valence electrons. The molecule has 1 saturated carbocycles. The van der Waals surface area contributed by atoms with E-state index in [1.807, 2.05) is 54.6 Å². The highest BCUT2D eigenvalue weighted by Crippen LogP contribution is 2.38. The molecule has 0 spiro atoms. The van der Waals surface area contributed by atoms with Crippen molar-refractivity contribution in [2.75, 3.05) is 5.32 Å². The number of benzene rings is 2. The van der Waals surface area contributed by atoms with Crippen molar-refractivity contribution >= 4 is 16.7 Å². The molecule has 0 atom stereocenters. The Morgan fingerprint density at radius 2 is 1.73 bits per heavy atom. The van der Waals surface area contributed by atoms with Crippen LogP contribution in [0.5, 0.6) is 0 Å². The van der Waals surface area contributed by atoms with Crippen molar-refractivity contribution in [1.82, 2.24) is 20.1 Å². The average Bonchev–Trinajstić information content (AvgIpc) is 3.45. The lowest BCUT2D eigenvalue weighted by molar-refractivity contribution is 0.374. The van der Waals surface area contributed by atoms with E-state index in [4.69, 9.17) is 14.5 Å². The van der Waals surface area contributed by atoms with E-state index in [1.165, 1.54) is 0 Å². The molecule has 0 amide bonds. The molecule has 0 saturated heterocycles. The molecule has 6 heteroatoms. The number of hydrogen-bond donors (Lipinski definition) is 1. The molecule has 4 aromatic rings. The number of rotatable bonds is 5. The molecule has 1 aliphatic rings. The molecule has 1 aliphatic carbocycles. The highest BCUT2D eigenvalue weighted by molar-refractivity contribution is 5.90. The van der Waals surface area contributed by atoms with E-state index >= 15 is 0 Å². The first-order valence-electron chi connectivity index (χ1n) is 8.75. The van der Waals surface area contributed by atoms with Crippen LogP contribution < -0.4 is 5.32 Å². The summed E-state index contributed by atoms with van der Waals surface area (Å²) < 4.78 is 5.32. The van der Waals surface area contributed by atoms with E-state index in [0.717, 1.165) is 41.0 Å². The molecular weight excluding hydrogens is 326 g/mol. The van der Waals surface area contributed by atoms with Gasteiger partial charge in [-0.25, -0.2) is 9.97 Å². The van der Waals surface area contributed by atoms with Crippen LogP contribution in [-0.2, 0) is 6.54 Å². The average molecular weight is 343 g/mol. The molecule has 0 unspecified atom stereocenters. The first kappa shape index (κ1) is 15.0. The monoisotopic (exact) mass is 343 g/mol. The van der Waals surface area contributed by atoms with Crippen molar-refractivity contribution in [3.05, 3.63) is 66.3 Å². The number of hydrogen-bond acceptors (Lipinski definition) is 6. The molecule has 0 radical (unpaired) electrons. The maximum absolute atomic E-state index is 5.32. The van der Waals surface area contributed by atoms with Gasteiger partial charge in [-0.1, -0.05) is 47.6 Å². The number of aromatic nitrogens is 4. The third kappa shape index (κ3) is 2.90. The summed E-state index contributed by atoms with van der Waals surface area (Å²) in [5.41, 5.74) is 1.88. The smallest absolute Gasteiger partial charge is 0.229 e. The predicted octanol–water partition coefficient (Wildman–Crippen LogP) is 4.17. The molecule has 2 heterocycles. The fraction of sp³-hybridized carbons (Fsp3) is 0.200. The van der Waals surface area contributed by atoms with Gasteiger partial charge in [0.15, 0.2) is 11.6 Å². The second-order valence-electron chi connectivity index (χ2n) is 6.46. The van der Waals surface area contributed by atoms with Crippen LogP contribution in [-0.4, -0.2) is 20.1 Å². The van der Waals surface area contributed by atoms with E-state index in [0.29, 0.717) is 24.1 Å². The maximum Gasteiger partial charge on any atom is 0.229 e. The molecule has 0 aliphatic heterocycles. The molecule has 1 fully saturated rings. The minimum Gasteiger partial charge on any atom is -0.362 e. The van der Waals surface area contributed by atoms with Crippen molar-refractivity contribution in [2.24, 2.45) is 0 Å². The standard InChI is InChI=1S/C20H17N5O/c1-2-6-13(7-3-1)18-22-16-9-5-4-8-15(16)19(24-18)21-12-17-23-20(26-25-17)14-10-11-14/h1-9,14H,10-12H2,(H,21,22,24).